The second-order valence-corrected chi connectivity index (χ2v) is 4.18. The van der Waals surface area contributed by atoms with Crippen LogP contribution in [0.1, 0.15) is 33.1 Å². The van der Waals surface area contributed by atoms with Gasteiger partial charge in [0.15, 0.2) is 0 Å². The lowest BCUT2D eigenvalue weighted by atomic mass is 10.1. The molecule has 0 spiro atoms. The summed E-state index contributed by atoms with van der Waals surface area (Å²) in [6, 6.07) is 0.451. The van der Waals surface area contributed by atoms with E-state index in [0.29, 0.717) is 18.8 Å². The number of nitrogens with zero attached hydrogens (tertiary/aromatic N) is 1. The number of rotatable bonds is 3. The Morgan fingerprint density at radius 1 is 1.62 bits per heavy atom. The Labute approximate surface area is 79.5 Å². The molecule has 13 heavy (non-hydrogen) atoms. The molecule has 2 fully saturated rings. The van der Waals surface area contributed by atoms with Crippen LogP contribution < -0.4 is 5.32 Å². The summed E-state index contributed by atoms with van der Waals surface area (Å²) in [5.41, 5.74) is 0. The van der Waals surface area contributed by atoms with E-state index in [1.165, 1.54) is 12.8 Å². The summed E-state index contributed by atoms with van der Waals surface area (Å²) in [6.45, 7) is 4.85. The van der Waals surface area contributed by atoms with Gasteiger partial charge in [0.25, 0.3) is 0 Å². The van der Waals surface area contributed by atoms with E-state index < -0.39 is 0 Å². The van der Waals surface area contributed by atoms with Crippen LogP contribution in [0.5, 0.6) is 0 Å². The SMILES string of the molecule is CCC1NCC(=O)N1C(C)C1CC1. The van der Waals surface area contributed by atoms with Crippen LogP contribution in [-0.4, -0.2) is 29.6 Å². The third-order valence-electron chi connectivity index (χ3n) is 3.24. The van der Waals surface area contributed by atoms with E-state index in [-0.39, 0.29) is 5.91 Å². The van der Waals surface area contributed by atoms with Crippen molar-refractivity contribution >= 4 is 5.91 Å². The lowest BCUT2D eigenvalue weighted by Crippen LogP contribution is -2.43. The molecule has 1 aliphatic carbocycles. The summed E-state index contributed by atoms with van der Waals surface area (Å²) in [5.74, 6) is 1.06. The summed E-state index contributed by atoms with van der Waals surface area (Å²) < 4.78 is 0. The van der Waals surface area contributed by atoms with Gasteiger partial charge in [0.1, 0.15) is 0 Å². The van der Waals surface area contributed by atoms with Gasteiger partial charge in [0.05, 0.1) is 12.7 Å². The van der Waals surface area contributed by atoms with Gasteiger partial charge in [-0.3, -0.25) is 10.1 Å². The second-order valence-electron chi connectivity index (χ2n) is 4.18. The van der Waals surface area contributed by atoms with Gasteiger partial charge in [-0.1, -0.05) is 6.92 Å². The molecule has 0 aromatic carbocycles. The third kappa shape index (κ3) is 1.57. The third-order valence-corrected chi connectivity index (χ3v) is 3.24. The lowest BCUT2D eigenvalue weighted by Gasteiger charge is -2.29. The van der Waals surface area contributed by atoms with Gasteiger partial charge < -0.3 is 4.90 Å². The molecule has 1 saturated carbocycles. The van der Waals surface area contributed by atoms with Gasteiger partial charge >= 0.3 is 0 Å². The molecule has 74 valence electrons. The molecule has 0 radical (unpaired) electrons. The number of carbonyl (C=O) groups is 1. The molecule has 3 nitrogen and oxygen atoms in total. The van der Waals surface area contributed by atoms with Crippen molar-refractivity contribution in [3.63, 3.8) is 0 Å². The van der Waals surface area contributed by atoms with E-state index in [0.717, 1.165) is 12.3 Å². The average Bonchev–Trinajstić information content (AvgIpc) is 2.89. The highest BCUT2D eigenvalue weighted by molar-refractivity contribution is 5.81. The van der Waals surface area contributed by atoms with Crippen LogP contribution in [0.3, 0.4) is 0 Å². The first-order valence-electron chi connectivity index (χ1n) is 5.28. The molecule has 0 bridgehead atoms. The van der Waals surface area contributed by atoms with Crippen molar-refractivity contribution < 1.29 is 4.79 Å². The Bertz CT molecular complexity index is 213. The van der Waals surface area contributed by atoms with Crippen LogP contribution in [-0.2, 0) is 4.79 Å². The normalized spacial score (nSPS) is 31.1. The maximum absolute atomic E-state index is 11.6. The monoisotopic (exact) mass is 182 g/mol. The number of nitrogens with one attached hydrogen (secondary N) is 1. The van der Waals surface area contributed by atoms with Gasteiger partial charge in [0, 0.05) is 6.04 Å². The fraction of sp³-hybridized carbons (Fsp3) is 0.900. The molecule has 1 aliphatic heterocycles. The van der Waals surface area contributed by atoms with Crippen LogP contribution in [0, 0.1) is 5.92 Å². The highest BCUT2D eigenvalue weighted by Gasteiger charge is 2.39. The minimum absolute atomic E-state index is 0.284. The molecule has 2 unspecified atom stereocenters. The lowest BCUT2D eigenvalue weighted by molar-refractivity contribution is -0.130. The first-order valence-corrected chi connectivity index (χ1v) is 5.28. The smallest absolute Gasteiger partial charge is 0.238 e. The van der Waals surface area contributed by atoms with E-state index in [9.17, 15) is 4.79 Å². The molecule has 1 amide bonds. The fourth-order valence-electron chi connectivity index (χ4n) is 2.23. The van der Waals surface area contributed by atoms with Crippen LogP contribution in [0.4, 0.5) is 0 Å². The molecule has 2 aliphatic rings. The predicted molar refractivity (Wildman–Crippen MR) is 51.1 cm³/mol. The van der Waals surface area contributed by atoms with Gasteiger partial charge in [-0.2, -0.15) is 0 Å². The standard InChI is InChI=1S/C10H18N2O/c1-3-9-11-6-10(13)12(9)7(2)8-4-5-8/h7-9,11H,3-6H2,1-2H3. The van der Waals surface area contributed by atoms with Crippen molar-refractivity contribution in [2.75, 3.05) is 6.54 Å². The number of hydrogen-bond donors (Lipinski definition) is 1. The van der Waals surface area contributed by atoms with Crippen LogP contribution >= 0.6 is 0 Å². The van der Waals surface area contributed by atoms with Crippen molar-refractivity contribution in [3.05, 3.63) is 0 Å². The highest BCUT2D eigenvalue weighted by Crippen LogP contribution is 2.36. The zero-order chi connectivity index (χ0) is 9.42. The maximum atomic E-state index is 11.6. The van der Waals surface area contributed by atoms with E-state index in [2.05, 4.69) is 24.1 Å². The molecule has 1 heterocycles. The first-order chi connectivity index (χ1) is 6.24. The van der Waals surface area contributed by atoms with E-state index in [1.54, 1.807) is 0 Å². The molecule has 1 saturated heterocycles. The number of hydrogen-bond acceptors (Lipinski definition) is 2. The largest absolute Gasteiger partial charge is 0.323 e. The van der Waals surface area contributed by atoms with E-state index >= 15 is 0 Å². The molecular weight excluding hydrogens is 164 g/mol. The fourth-order valence-corrected chi connectivity index (χ4v) is 2.23. The van der Waals surface area contributed by atoms with Crippen LogP contribution in [0.15, 0.2) is 0 Å². The Morgan fingerprint density at radius 3 is 2.85 bits per heavy atom. The number of carbonyl (C=O) groups excluding carboxylic acids is 1. The van der Waals surface area contributed by atoms with E-state index in [1.807, 2.05) is 0 Å². The average molecular weight is 182 g/mol. The summed E-state index contributed by atoms with van der Waals surface area (Å²) >= 11 is 0. The van der Waals surface area contributed by atoms with Crippen molar-refractivity contribution in [1.29, 1.82) is 0 Å². The molecule has 0 aromatic heterocycles. The van der Waals surface area contributed by atoms with Crippen molar-refractivity contribution in [2.24, 2.45) is 5.92 Å². The Kier molecular flexibility index (Phi) is 2.28. The first kappa shape index (κ1) is 9.00. The van der Waals surface area contributed by atoms with Gasteiger partial charge in [-0.25, -0.2) is 0 Å². The minimum atomic E-state index is 0.284. The van der Waals surface area contributed by atoms with Gasteiger partial charge in [-0.05, 0) is 32.1 Å². The summed E-state index contributed by atoms with van der Waals surface area (Å²) in [6.07, 6.45) is 3.93. The molecule has 2 atom stereocenters. The molecule has 0 aromatic rings. The summed E-state index contributed by atoms with van der Waals surface area (Å²) in [5, 5.41) is 3.25. The molecule has 3 heteroatoms. The van der Waals surface area contributed by atoms with Gasteiger partial charge in [0.2, 0.25) is 5.91 Å². The Hall–Kier alpha value is -0.570. The highest BCUT2D eigenvalue weighted by atomic mass is 16.2. The van der Waals surface area contributed by atoms with Crippen molar-refractivity contribution in [1.82, 2.24) is 10.2 Å². The Balaban J connectivity index is 2.04. The van der Waals surface area contributed by atoms with Crippen molar-refractivity contribution in [2.45, 2.75) is 45.3 Å². The van der Waals surface area contributed by atoms with Crippen molar-refractivity contribution in [3.8, 4) is 0 Å². The van der Waals surface area contributed by atoms with E-state index in [4.69, 9.17) is 0 Å². The van der Waals surface area contributed by atoms with Crippen LogP contribution in [0.2, 0.25) is 0 Å². The zero-order valence-corrected chi connectivity index (χ0v) is 8.42. The quantitative estimate of drug-likeness (QED) is 0.705. The summed E-state index contributed by atoms with van der Waals surface area (Å²) in [7, 11) is 0. The Morgan fingerprint density at radius 2 is 2.31 bits per heavy atom. The maximum Gasteiger partial charge on any atom is 0.238 e. The predicted octanol–water partition coefficient (Wildman–Crippen LogP) is 0.953. The molecule has 2 rings (SSSR count). The second kappa shape index (κ2) is 3.29. The topological polar surface area (TPSA) is 32.3 Å². The zero-order valence-electron chi connectivity index (χ0n) is 8.42. The summed E-state index contributed by atoms with van der Waals surface area (Å²) in [4.78, 5) is 13.6. The molecular formula is C10H18N2O. The van der Waals surface area contributed by atoms with Gasteiger partial charge in [-0.15, -0.1) is 0 Å². The minimum Gasteiger partial charge on any atom is -0.323 e. The molecule has 1 N–H and O–H groups in total. The van der Waals surface area contributed by atoms with Crippen LogP contribution in [0.25, 0.3) is 0 Å². The number of amides is 1.